The van der Waals surface area contributed by atoms with Crippen LogP contribution in [0.3, 0.4) is 0 Å². The van der Waals surface area contributed by atoms with Crippen LogP contribution in [0.25, 0.3) is 0 Å². The molecule has 0 aliphatic carbocycles. The summed E-state index contributed by atoms with van der Waals surface area (Å²) in [6, 6.07) is 3.81. The number of amides is 1. The zero-order valence-corrected chi connectivity index (χ0v) is 10.9. The second kappa shape index (κ2) is 7.62. The van der Waals surface area contributed by atoms with Gasteiger partial charge in [-0.1, -0.05) is 6.92 Å². The molecule has 1 amide bonds. The number of hydrogen-bond acceptors (Lipinski definition) is 5. The lowest BCUT2D eigenvalue weighted by Crippen LogP contribution is -2.35. The number of aromatic nitrogens is 1. The van der Waals surface area contributed by atoms with E-state index < -0.39 is 0 Å². The molecule has 100 valence electrons. The van der Waals surface area contributed by atoms with E-state index in [-0.39, 0.29) is 5.91 Å². The number of likely N-dealkylation sites (N-methyl/N-ethyl adjacent to an activating group) is 1. The molecule has 0 bridgehead atoms. The maximum atomic E-state index is 11.4. The molecular formula is C12H21N5O. The molecule has 0 aliphatic rings. The Kier molecular flexibility index (Phi) is 6.10. The van der Waals surface area contributed by atoms with E-state index in [1.807, 2.05) is 12.1 Å². The van der Waals surface area contributed by atoms with Gasteiger partial charge in [0.25, 0.3) is 0 Å². The number of anilines is 1. The van der Waals surface area contributed by atoms with Gasteiger partial charge in [-0.25, -0.2) is 10.8 Å². The Bertz CT molecular complexity index is 382. The maximum absolute atomic E-state index is 11.4. The standard InChI is InChI=1S/C12H21N5O/c1-3-6-17(9-12(18)14-2)8-10-4-5-15-11(7-10)16-13/h4-5,7H,3,6,8-9,13H2,1-2H3,(H,14,18)(H,15,16). The molecule has 0 atom stereocenters. The van der Waals surface area contributed by atoms with Gasteiger partial charge in [0.15, 0.2) is 0 Å². The highest BCUT2D eigenvalue weighted by molar-refractivity contribution is 5.77. The molecule has 18 heavy (non-hydrogen) atoms. The minimum absolute atomic E-state index is 0.0229. The van der Waals surface area contributed by atoms with Gasteiger partial charge in [-0.3, -0.25) is 9.69 Å². The van der Waals surface area contributed by atoms with Crippen molar-refractivity contribution < 1.29 is 4.79 Å². The van der Waals surface area contributed by atoms with Crippen molar-refractivity contribution in [3.63, 3.8) is 0 Å². The van der Waals surface area contributed by atoms with Gasteiger partial charge in [0, 0.05) is 19.8 Å². The molecule has 4 N–H and O–H groups in total. The molecule has 6 heteroatoms. The van der Waals surface area contributed by atoms with Gasteiger partial charge in [0.2, 0.25) is 5.91 Å². The first-order valence-electron chi connectivity index (χ1n) is 6.04. The van der Waals surface area contributed by atoms with Crippen molar-refractivity contribution in [2.75, 3.05) is 25.6 Å². The molecule has 0 fully saturated rings. The zero-order valence-electron chi connectivity index (χ0n) is 10.9. The quantitative estimate of drug-likeness (QED) is 0.480. The SMILES string of the molecule is CCCN(CC(=O)NC)Cc1ccnc(NN)c1. The monoisotopic (exact) mass is 251 g/mol. The van der Waals surface area contributed by atoms with E-state index in [1.54, 1.807) is 13.2 Å². The average Bonchev–Trinajstić information content (AvgIpc) is 2.39. The van der Waals surface area contributed by atoms with Crippen molar-refractivity contribution in [3.05, 3.63) is 23.9 Å². The summed E-state index contributed by atoms with van der Waals surface area (Å²) in [5.41, 5.74) is 3.59. The second-order valence-corrected chi connectivity index (χ2v) is 4.08. The number of carbonyl (C=O) groups excluding carboxylic acids is 1. The molecule has 1 rings (SSSR count). The van der Waals surface area contributed by atoms with Crippen LogP contribution in [0.2, 0.25) is 0 Å². The molecular weight excluding hydrogens is 230 g/mol. The van der Waals surface area contributed by atoms with Crippen LogP contribution in [0, 0.1) is 0 Å². The topological polar surface area (TPSA) is 83.3 Å². The number of nitrogen functional groups attached to an aromatic ring is 1. The number of rotatable bonds is 7. The molecule has 1 aromatic rings. The van der Waals surface area contributed by atoms with Gasteiger partial charge in [0.05, 0.1) is 6.54 Å². The first-order valence-corrected chi connectivity index (χ1v) is 6.04. The lowest BCUT2D eigenvalue weighted by Gasteiger charge is -2.20. The summed E-state index contributed by atoms with van der Waals surface area (Å²) in [7, 11) is 1.65. The molecule has 6 nitrogen and oxygen atoms in total. The first-order chi connectivity index (χ1) is 8.69. The summed E-state index contributed by atoms with van der Waals surface area (Å²) in [6.45, 7) is 4.08. The van der Waals surface area contributed by atoms with Crippen molar-refractivity contribution in [3.8, 4) is 0 Å². The summed E-state index contributed by atoms with van der Waals surface area (Å²) in [4.78, 5) is 17.6. The fourth-order valence-electron chi connectivity index (χ4n) is 1.72. The number of hydrogen-bond donors (Lipinski definition) is 3. The van der Waals surface area contributed by atoms with Gasteiger partial charge < -0.3 is 10.7 Å². The van der Waals surface area contributed by atoms with Gasteiger partial charge >= 0.3 is 0 Å². The number of nitrogens with two attached hydrogens (primary N) is 1. The van der Waals surface area contributed by atoms with Crippen molar-refractivity contribution in [1.29, 1.82) is 0 Å². The predicted molar refractivity (Wildman–Crippen MR) is 71.7 cm³/mol. The Morgan fingerprint density at radius 2 is 2.33 bits per heavy atom. The Morgan fingerprint density at radius 3 is 2.94 bits per heavy atom. The third-order valence-electron chi connectivity index (χ3n) is 2.56. The molecule has 0 unspecified atom stereocenters. The smallest absolute Gasteiger partial charge is 0.233 e. The van der Waals surface area contributed by atoms with Crippen LogP contribution in [0.15, 0.2) is 18.3 Å². The van der Waals surface area contributed by atoms with E-state index in [0.717, 1.165) is 18.5 Å². The fraction of sp³-hybridized carbons (Fsp3) is 0.500. The normalized spacial score (nSPS) is 10.4. The number of hydrazine groups is 1. The van der Waals surface area contributed by atoms with Crippen molar-refractivity contribution in [1.82, 2.24) is 15.2 Å². The fourth-order valence-corrected chi connectivity index (χ4v) is 1.72. The van der Waals surface area contributed by atoms with Crippen LogP contribution in [-0.2, 0) is 11.3 Å². The van der Waals surface area contributed by atoms with Crippen LogP contribution in [0.5, 0.6) is 0 Å². The molecule has 0 spiro atoms. The highest BCUT2D eigenvalue weighted by Crippen LogP contribution is 2.09. The Balaban J connectivity index is 2.66. The van der Waals surface area contributed by atoms with Crippen molar-refractivity contribution in [2.24, 2.45) is 5.84 Å². The molecule has 0 aromatic carbocycles. The number of nitrogens with one attached hydrogen (secondary N) is 2. The molecule has 1 heterocycles. The van der Waals surface area contributed by atoms with Crippen LogP contribution in [0.4, 0.5) is 5.82 Å². The van der Waals surface area contributed by atoms with Gasteiger partial charge in [0.1, 0.15) is 5.82 Å². The van der Waals surface area contributed by atoms with Crippen LogP contribution >= 0.6 is 0 Å². The summed E-state index contributed by atoms with van der Waals surface area (Å²) >= 11 is 0. The molecule has 0 saturated heterocycles. The molecule has 0 aliphatic heterocycles. The average molecular weight is 251 g/mol. The number of nitrogens with zero attached hydrogens (tertiary/aromatic N) is 2. The highest BCUT2D eigenvalue weighted by atomic mass is 16.1. The first kappa shape index (κ1) is 14.4. The van der Waals surface area contributed by atoms with E-state index in [9.17, 15) is 4.79 Å². The van der Waals surface area contributed by atoms with Crippen molar-refractivity contribution >= 4 is 11.7 Å². The summed E-state index contributed by atoms with van der Waals surface area (Å²) in [5.74, 6) is 5.97. The van der Waals surface area contributed by atoms with E-state index >= 15 is 0 Å². The molecule has 0 radical (unpaired) electrons. The summed E-state index contributed by atoms with van der Waals surface area (Å²) in [6.07, 6.45) is 2.71. The van der Waals surface area contributed by atoms with E-state index in [0.29, 0.717) is 18.9 Å². The van der Waals surface area contributed by atoms with Gasteiger partial charge in [-0.2, -0.15) is 0 Å². The predicted octanol–water partition coefficient (Wildman–Crippen LogP) is 0.325. The maximum Gasteiger partial charge on any atom is 0.233 e. The van der Waals surface area contributed by atoms with Crippen LogP contribution < -0.4 is 16.6 Å². The number of carbonyl (C=O) groups is 1. The summed E-state index contributed by atoms with van der Waals surface area (Å²) < 4.78 is 0. The Labute approximate surface area is 108 Å². The van der Waals surface area contributed by atoms with Gasteiger partial charge in [-0.05, 0) is 30.7 Å². The largest absolute Gasteiger partial charge is 0.358 e. The summed E-state index contributed by atoms with van der Waals surface area (Å²) in [5, 5.41) is 2.64. The second-order valence-electron chi connectivity index (χ2n) is 4.08. The van der Waals surface area contributed by atoms with Crippen molar-refractivity contribution in [2.45, 2.75) is 19.9 Å². The minimum atomic E-state index is 0.0229. The number of pyridine rings is 1. The highest BCUT2D eigenvalue weighted by Gasteiger charge is 2.09. The Morgan fingerprint density at radius 1 is 1.56 bits per heavy atom. The third kappa shape index (κ3) is 4.68. The van der Waals surface area contributed by atoms with Crippen LogP contribution in [0.1, 0.15) is 18.9 Å². The van der Waals surface area contributed by atoms with E-state index in [4.69, 9.17) is 5.84 Å². The third-order valence-corrected chi connectivity index (χ3v) is 2.56. The van der Waals surface area contributed by atoms with E-state index in [1.165, 1.54) is 0 Å². The molecule has 0 saturated carbocycles. The Hall–Kier alpha value is -1.66. The van der Waals surface area contributed by atoms with Crippen LogP contribution in [-0.4, -0.2) is 35.9 Å². The molecule has 1 aromatic heterocycles. The minimum Gasteiger partial charge on any atom is -0.358 e. The van der Waals surface area contributed by atoms with Gasteiger partial charge in [-0.15, -0.1) is 0 Å². The zero-order chi connectivity index (χ0) is 13.4. The lowest BCUT2D eigenvalue weighted by molar-refractivity contribution is -0.121. The lowest BCUT2D eigenvalue weighted by atomic mass is 10.2. The van der Waals surface area contributed by atoms with E-state index in [2.05, 4.69) is 27.6 Å².